The van der Waals surface area contributed by atoms with Crippen LogP contribution in [0.25, 0.3) is 32.6 Å². The number of hydrogen-bond acceptors (Lipinski definition) is 6. The van der Waals surface area contributed by atoms with Gasteiger partial charge in [-0.1, -0.05) is 29.8 Å². The van der Waals surface area contributed by atoms with Crippen LogP contribution in [0.5, 0.6) is 5.75 Å². The molecule has 0 unspecified atom stereocenters. The van der Waals surface area contributed by atoms with E-state index in [1.54, 1.807) is 19.4 Å². The number of nitrogens with two attached hydrogens (primary N) is 1. The molecule has 0 radical (unpaired) electrons. The molecule has 0 aliphatic rings. The molecule has 3 aromatic heterocycles. The number of aryl methyl sites for hydroxylation is 1. The average molecular weight is 470 g/mol. The van der Waals surface area contributed by atoms with Gasteiger partial charge in [0, 0.05) is 10.9 Å². The Hall–Kier alpha value is -4.10. The first-order valence-corrected chi connectivity index (χ1v) is 11.6. The van der Waals surface area contributed by atoms with Crippen LogP contribution in [-0.2, 0) is 6.54 Å². The molecule has 3 heterocycles. The molecule has 0 fully saturated rings. The fourth-order valence-corrected chi connectivity index (χ4v) is 4.86. The highest BCUT2D eigenvalue weighted by Gasteiger charge is 2.22. The Balaban J connectivity index is 1.62. The Labute approximate surface area is 201 Å². The van der Waals surface area contributed by atoms with E-state index in [0.29, 0.717) is 21.2 Å². The summed E-state index contributed by atoms with van der Waals surface area (Å²) in [5.41, 5.74) is 11.9. The van der Waals surface area contributed by atoms with Crippen LogP contribution >= 0.6 is 11.3 Å². The summed E-state index contributed by atoms with van der Waals surface area (Å²) in [7, 11) is 1.64. The van der Waals surface area contributed by atoms with Crippen LogP contribution in [0, 0.1) is 6.92 Å². The van der Waals surface area contributed by atoms with Gasteiger partial charge >= 0.3 is 0 Å². The van der Waals surface area contributed by atoms with Crippen molar-refractivity contribution in [2.75, 3.05) is 12.8 Å². The first kappa shape index (κ1) is 21.7. The lowest BCUT2D eigenvalue weighted by molar-refractivity contribution is 0.0953. The van der Waals surface area contributed by atoms with Crippen LogP contribution in [-0.4, -0.2) is 18.0 Å². The molecule has 0 aliphatic heterocycles. The Morgan fingerprint density at radius 1 is 1.09 bits per heavy atom. The summed E-state index contributed by atoms with van der Waals surface area (Å²) in [6.45, 7) is 2.34. The third-order valence-corrected chi connectivity index (χ3v) is 6.76. The Kier molecular flexibility index (Phi) is 5.77. The fourth-order valence-electron chi connectivity index (χ4n) is 3.82. The Morgan fingerprint density at radius 3 is 2.50 bits per heavy atom. The van der Waals surface area contributed by atoms with Crippen LogP contribution < -0.4 is 15.8 Å². The van der Waals surface area contributed by atoms with E-state index in [9.17, 15) is 4.79 Å². The van der Waals surface area contributed by atoms with E-state index in [2.05, 4.69) is 36.5 Å². The van der Waals surface area contributed by atoms with Gasteiger partial charge in [-0.05, 0) is 60.5 Å². The normalized spacial score (nSPS) is 11.0. The summed E-state index contributed by atoms with van der Waals surface area (Å²) in [5.74, 6) is 1.20. The number of amides is 1. The molecular formula is C27H23N3O3S. The van der Waals surface area contributed by atoms with E-state index in [0.717, 1.165) is 33.5 Å². The Morgan fingerprint density at radius 2 is 1.82 bits per heavy atom. The molecule has 3 N–H and O–H groups in total. The van der Waals surface area contributed by atoms with Crippen LogP contribution in [0.1, 0.15) is 21.0 Å². The number of anilines is 1. The standard InChI is InChI=1S/C27H23N3O3S/c1-16-5-7-17(8-6-16)21-14-22(18-9-11-19(32-2)12-10-18)30-27-23(21)24(28)25(34-27)26(31)29-15-20-4-3-13-33-20/h3-14H,15,28H2,1-2H3,(H,29,31). The van der Waals surface area contributed by atoms with E-state index in [-0.39, 0.29) is 12.5 Å². The minimum absolute atomic E-state index is 0.252. The van der Waals surface area contributed by atoms with Crippen molar-refractivity contribution in [3.05, 3.63) is 89.2 Å². The number of pyridine rings is 1. The number of nitrogens with zero attached hydrogens (tertiary/aromatic N) is 1. The van der Waals surface area contributed by atoms with E-state index >= 15 is 0 Å². The summed E-state index contributed by atoms with van der Waals surface area (Å²) in [5, 5.41) is 3.67. The number of furan rings is 1. The number of hydrogen-bond donors (Lipinski definition) is 2. The van der Waals surface area contributed by atoms with Crippen LogP contribution in [0.4, 0.5) is 5.69 Å². The number of ether oxygens (including phenoxy) is 1. The summed E-state index contributed by atoms with van der Waals surface area (Å²) >= 11 is 1.29. The summed E-state index contributed by atoms with van der Waals surface area (Å²) in [6.07, 6.45) is 1.58. The summed E-state index contributed by atoms with van der Waals surface area (Å²) < 4.78 is 10.6. The third-order valence-electron chi connectivity index (χ3n) is 5.66. The van der Waals surface area contributed by atoms with Gasteiger partial charge in [-0.25, -0.2) is 4.98 Å². The van der Waals surface area contributed by atoms with Gasteiger partial charge in [0.15, 0.2) is 0 Å². The molecule has 5 rings (SSSR count). The van der Waals surface area contributed by atoms with Gasteiger partial charge in [0.2, 0.25) is 0 Å². The molecule has 1 amide bonds. The smallest absolute Gasteiger partial charge is 0.263 e. The van der Waals surface area contributed by atoms with Crippen LogP contribution in [0.15, 0.2) is 77.4 Å². The molecule has 170 valence electrons. The van der Waals surface area contributed by atoms with Crippen molar-refractivity contribution < 1.29 is 13.9 Å². The lowest BCUT2D eigenvalue weighted by Gasteiger charge is -2.10. The molecule has 5 aromatic rings. The van der Waals surface area contributed by atoms with Crippen molar-refractivity contribution in [3.8, 4) is 28.1 Å². The number of rotatable bonds is 6. The van der Waals surface area contributed by atoms with Gasteiger partial charge in [-0.15, -0.1) is 11.3 Å². The molecule has 0 bridgehead atoms. The third kappa shape index (κ3) is 4.13. The van der Waals surface area contributed by atoms with Crippen molar-refractivity contribution in [2.45, 2.75) is 13.5 Å². The SMILES string of the molecule is COc1ccc(-c2cc(-c3ccc(C)cc3)c3c(N)c(C(=O)NCc4ccco4)sc3n2)cc1. The van der Waals surface area contributed by atoms with Gasteiger partial charge in [0.1, 0.15) is 21.2 Å². The van der Waals surface area contributed by atoms with Crippen LogP contribution in [0.3, 0.4) is 0 Å². The van der Waals surface area contributed by atoms with Crippen molar-refractivity contribution in [1.82, 2.24) is 10.3 Å². The fraction of sp³-hybridized carbons (Fsp3) is 0.111. The van der Waals surface area contributed by atoms with Crippen molar-refractivity contribution in [1.29, 1.82) is 0 Å². The van der Waals surface area contributed by atoms with Gasteiger partial charge in [0.25, 0.3) is 5.91 Å². The van der Waals surface area contributed by atoms with E-state index in [1.165, 1.54) is 16.9 Å². The predicted octanol–water partition coefficient (Wildman–Crippen LogP) is 6.05. The highest BCUT2D eigenvalue weighted by atomic mass is 32.1. The number of aromatic nitrogens is 1. The highest BCUT2D eigenvalue weighted by Crippen LogP contribution is 2.41. The second-order valence-corrected chi connectivity index (χ2v) is 8.94. The topological polar surface area (TPSA) is 90.4 Å². The second kappa shape index (κ2) is 9.03. The summed E-state index contributed by atoms with van der Waals surface area (Å²) in [4.78, 5) is 19.0. The zero-order valence-corrected chi connectivity index (χ0v) is 19.6. The maximum absolute atomic E-state index is 13.0. The number of nitrogens with one attached hydrogen (secondary N) is 1. The molecule has 0 saturated heterocycles. The number of nitrogen functional groups attached to an aromatic ring is 1. The van der Waals surface area contributed by atoms with Gasteiger partial charge in [0.05, 0.1) is 31.3 Å². The number of methoxy groups -OCH3 is 1. The predicted molar refractivity (Wildman–Crippen MR) is 136 cm³/mol. The van der Waals surface area contributed by atoms with Gasteiger partial charge in [-0.2, -0.15) is 0 Å². The highest BCUT2D eigenvalue weighted by molar-refractivity contribution is 7.21. The van der Waals surface area contributed by atoms with E-state index in [4.69, 9.17) is 19.9 Å². The van der Waals surface area contributed by atoms with E-state index < -0.39 is 0 Å². The van der Waals surface area contributed by atoms with Gasteiger partial charge in [-0.3, -0.25) is 4.79 Å². The zero-order valence-electron chi connectivity index (χ0n) is 18.8. The molecule has 0 spiro atoms. The van der Waals surface area contributed by atoms with Crippen LogP contribution in [0.2, 0.25) is 0 Å². The summed E-state index contributed by atoms with van der Waals surface area (Å²) in [6, 6.07) is 21.6. The molecule has 6 nitrogen and oxygen atoms in total. The first-order valence-electron chi connectivity index (χ1n) is 10.8. The maximum atomic E-state index is 13.0. The average Bonchev–Trinajstić information content (AvgIpc) is 3.50. The lowest BCUT2D eigenvalue weighted by Crippen LogP contribution is -2.22. The van der Waals surface area contributed by atoms with E-state index in [1.807, 2.05) is 36.4 Å². The number of carbonyl (C=O) groups is 1. The van der Waals surface area contributed by atoms with Gasteiger partial charge < -0.3 is 20.2 Å². The Bertz CT molecular complexity index is 1450. The second-order valence-electron chi connectivity index (χ2n) is 7.94. The van der Waals surface area contributed by atoms with Crippen molar-refractivity contribution in [3.63, 3.8) is 0 Å². The molecular weight excluding hydrogens is 446 g/mol. The zero-order chi connectivity index (χ0) is 23.7. The number of benzene rings is 2. The molecule has 2 aromatic carbocycles. The molecule has 7 heteroatoms. The molecule has 0 aliphatic carbocycles. The van der Waals surface area contributed by atoms with Crippen molar-refractivity contribution in [2.24, 2.45) is 0 Å². The quantitative estimate of drug-likeness (QED) is 0.316. The largest absolute Gasteiger partial charge is 0.497 e. The minimum atomic E-state index is -0.252. The lowest BCUT2D eigenvalue weighted by atomic mass is 9.98. The number of fused-ring (bicyclic) bond motifs is 1. The number of thiophene rings is 1. The molecule has 34 heavy (non-hydrogen) atoms. The first-order chi connectivity index (χ1) is 16.5. The monoisotopic (exact) mass is 469 g/mol. The number of carbonyl (C=O) groups excluding carboxylic acids is 1. The maximum Gasteiger partial charge on any atom is 0.263 e. The minimum Gasteiger partial charge on any atom is -0.497 e. The molecule has 0 saturated carbocycles. The van der Waals surface area contributed by atoms with Crippen molar-refractivity contribution >= 4 is 33.1 Å². The molecule has 0 atom stereocenters.